The molecule has 5 rings (SSSR count). The summed E-state index contributed by atoms with van der Waals surface area (Å²) in [6.45, 7) is 1.77. The number of aliphatic imine (C=N–C) groups is 1. The van der Waals surface area contributed by atoms with Gasteiger partial charge in [-0.2, -0.15) is 0 Å². The van der Waals surface area contributed by atoms with Crippen LogP contribution in [0.3, 0.4) is 0 Å². The van der Waals surface area contributed by atoms with Crippen LogP contribution >= 0.6 is 10.7 Å². The van der Waals surface area contributed by atoms with Gasteiger partial charge in [-0.15, -0.1) is 0 Å². The van der Waals surface area contributed by atoms with Gasteiger partial charge in [0.1, 0.15) is 5.92 Å². The van der Waals surface area contributed by atoms with Gasteiger partial charge in [-0.3, -0.25) is 9.79 Å². The average Bonchev–Trinajstić information content (AvgIpc) is 3.22. The molecule has 1 amide bonds. The number of benzene rings is 3. The number of halogens is 2. The normalized spacial score (nSPS) is 19.2. The Morgan fingerprint density at radius 1 is 1.16 bits per heavy atom. The minimum atomic E-state index is -2.69. The number of alkyl halides is 2. The summed E-state index contributed by atoms with van der Waals surface area (Å²) in [7, 11) is 1.11. The maximum absolute atomic E-state index is 13.8. The maximum Gasteiger partial charge on any atom is 0.274 e. The highest BCUT2D eigenvalue weighted by Gasteiger charge is 2.46. The zero-order chi connectivity index (χ0) is 26.7. The van der Waals surface area contributed by atoms with Gasteiger partial charge in [0.25, 0.3) is 5.92 Å². The molecule has 38 heavy (non-hydrogen) atoms. The van der Waals surface area contributed by atoms with Crippen LogP contribution < -0.4 is 10.6 Å². The van der Waals surface area contributed by atoms with Crippen molar-refractivity contribution in [1.82, 2.24) is 9.62 Å². The smallest absolute Gasteiger partial charge is 0.274 e. The zero-order valence-corrected chi connectivity index (χ0v) is 22.0. The zero-order valence-electron chi connectivity index (χ0n) is 21.2. The van der Waals surface area contributed by atoms with Crippen molar-refractivity contribution in [2.45, 2.75) is 23.7 Å². The molecule has 0 aliphatic carbocycles. The summed E-state index contributed by atoms with van der Waals surface area (Å²) in [6.07, 6.45) is 0. The third kappa shape index (κ3) is 5.32. The summed E-state index contributed by atoms with van der Waals surface area (Å²) in [5.41, 5.74) is 4.37. The molecule has 3 aromatic rings. The number of anilines is 1. The molecular weight excluding hydrogens is 502 g/mol. The third-order valence-corrected chi connectivity index (χ3v) is 8.41. The summed E-state index contributed by atoms with van der Waals surface area (Å²) in [5.74, 6) is 2.74. The van der Waals surface area contributed by atoms with Gasteiger partial charge in [-0.05, 0) is 54.7 Å². The van der Waals surface area contributed by atoms with E-state index in [9.17, 15) is 13.6 Å². The van der Waals surface area contributed by atoms with Crippen molar-refractivity contribution >= 4 is 39.0 Å². The third-order valence-electron chi connectivity index (χ3n) is 6.36. The summed E-state index contributed by atoms with van der Waals surface area (Å²) < 4.78 is 29.4. The molecule has 1 fully saturated rings. The molecule has 0 aromatic heterocycles. The summed E-state index contributed by atoms with van der Waals surface area (Å²) >= 11 is 0. The van der Waals surface area contributed by atoms with Crippen molar-refractivity contribution in [3.05, 3.63) is 89.5 Å². The van der Waals surface area contributed by atoms with Crippen LogP contribution in [0.1, 0.15) is 29.5 Å². The van der Waals surface area contributed by atoms with E-state index in [0.29, 0.717) is 17.9 Å². The van der Waals surface area contributed by atoms with Crippen LogP contribution in [0.4, 0.5) is 20.2 Å². The monoisotopic (exact) mass is 530 g/mol. The number of rotatable bonds is 6. The van der Waals surface area contributed by atoms with Crippen molar-refractivity contribution in [1.29, 1.82) is 0 Å². The number of amides is 1. The van der Waals surface area contributed by atoms with Gasteiger partial charge in [0.15, 0.2) is 0 Å². The van der Waals surface area contributed by atoms with E-state index in [-0.39, 0.29) is 19.0 Å². The van der Waals surface area contributed by atoms with Crippen LogP contribution in [0.25, 0.3) is 0 Å². The molecule has 2 unspecified atom stereocenters. The Morgan fingerprint density at radius 3 is 2.47 bits per heavy atom. The van der Waals surface area contributed by atoms with E-state index in [1.54, 1.807) is 4.31 Å². The number of fused-ring (bicyclic) bond motifs is 1. The first-order valence-electron chi connectivity index (χ1n) is 12.4. The Morgan fingerprint density at radius 2 is 1.84 bits per heavy atom. The molecule has 2 N–H and O–H groups in total. The van der Waals surface area contributed by atoms with Gasteiger partial charge < -0.3 is 10.6 Å². The van der Waals surface area contributed by atoms with Crippen LogP contribution in [0.5, 0.6) is 0 Å². The molecule has 2 aliphatic rings. The standard InChI is InChI=1S/C30H28F2N4OS/c1-3-38(36-19-30(31,32)20-36)26-18-24-25(17-22(26)13-10-16-33-2)35-29(37)27(24)28(21-11-6-4-7-12-21)34-23-14-8-5-9-15-23/h3-9,11-12,14-15,17-18,27,33H,16,19-20H2,1-2H3,(H,35,37). The predicted molar refractivity (Wildman–Crippen MR) is 152 cm³/mol. The number of hydrogen-bond acceptors (Lipinski definition) is 4. The average molecular weight is 531 g/mol. The maximum atomic E-state index is 13.8. The van der Waals surface area contributed by atoms with Crippen molar-refractivity contribution < 1.29 is 13.6 Å². The fourth-order valence-electron chi connectivity index (χ4n) is 4.63. The van der Waals surface area contributed by atoms with Gasteiger partial charge in [0.2, 0.25) is 5.91 Å². The molecular formula is C30H28F2N4OS. The van der Waals surface area contributed by atoms with E-state index in [4.69, 9.17) is 4.99 Å². The van der Waals surface area contributed by atoms with E-state index < -0.39 is 22.5 Å². The largest absolute Gasteiger partial charge is 0.325 e. The van der Waals surface area contributed by atoms with Crippen LogP contribution in [-0.2, 0) is 4.79 Å². The highest BCUT2D eigenvalue weighted by Crippen LogP contribution is 2.46. The fourth-order valence-corrected chi connectivity index (χ4v) is 6.70. The van der Waals surface area contributed by atoms with Crippen molar-refractivity contribution in [3.63, 3.8) is 0 Å². The molecule has 194 valence electrons. The van der Waals surface area contributed by atoms with E-state index in [1.165, 1.54) is 0 Å². The molecule has 2 atom stereocenters. The fraction of sp³-hybridized carbons (Fsp3) is 0.233. The Bertz CT molecular complexity index is 1470. The SMILES string of the molecule is C/C=S(\c1cc2c(cc1C#CCNC)NC(=O)C2C(=Nc1ccccc1)c1ccccc1)N1CC(F)(F)C1. The van der Waals surface area contributed by atoms with Crippen LogP contribution in [0.15, 0.2) is 82.7 Å². The lowest BCUT2D eigenvalue weighted by atomic mass is 9.90. The minimum Gasteiger partial charge on any atom is -0.325 e. The second-order valence-corrected chi connectivity index (χ2v) is 11.1. The Balaban J connectivity index is 1.66. The number of para-hydroxylation sites is 1. The predicted octanol–water partition coefficient (Wildman–Crippen LogP) is 5.43. The molecule has 0 bridgehead atoms. The van der Waals surface area contributed by atoms with Gasteiger partial charge in [0.05, 0.1) is 31.0 Å². The quantitative estimate of drug-likeness (QED) is 0.254. The van der Waals surface area contributed by atoms with E-state index >= 15 is 0 Å². The molecule has 0 radical (unpaired) electrons. The number of nitrogens with zero attached hydrogens (tertiary/aromatic N) is 2. The number of carbonyl (C=O) groups excluding carboxylic acids is 1. The van der Waals surface area contributed by atoms with Crippen LogP contribution in [0, 0.1) is 11.8 Å². The Kier molecular flexibility index (Phi) is 7.52. The minimum absolute atomic E-state index is 0.180. The molecule has 2 aliphatic heterocycles. The number of carbonyl (C=O) groups is 1. The summed E-state index contributed by atoms with van der Waals surface area (Å²) in [4.78, 5) is 19.2. The lowest BCUT2D eigenvalue weighted by Crippen LogP contribution is -2.53. The molecule has 0 spiro atoms. The second-order valence-electron chi connectivity index (χ2n) is 9.09. The van der Waals surface area contributed by atoms with E-state index in [1.807, 2.05) is 92.1 Å². The molecule has 1 saturated heterocycles. The highest BCUT2D eigenvalue weighted by molar-refractivity contribution is 8.13. The Hall–Kier alpha value is -3.64. The second kappa shape index (κ2) is 11.0. The number of hydrogen-bond donors (Lipinski definition) is 2. The van der Waals surface area contributed by atoms with E-state index in [2.05, 4.69) is 22.5 Å². The molecule has 8 heteroatoms. The van der Waals surface area contributed by atoms with Crippen LogP contribution in [-0.4, -0.2) is 53.9 Å². The first kappa shape index (κ1) is 26.0. The first-order chi connectivity index (χ1) is 18.4. The highest BCUT2D eigenvalue weighted by atomic mass is 32.2. The topological polar surface area (TPSA) is 56.7 Å². The van der Waals surface area contributed by atoms with Crippen molar-refractivity contribution in [3.8, 4) is 11.8 Å². The van der Waals surface area contributed by atoms with Crippen LogP contribution in [0.2, 0.25) is 0 Å². The summed E-state index contributed by atoms with van der Waals surface area (Å²) in [5, 5.41) is 7.97. The van der Waals surface area contributed by atoms with Gasteiger partial charge in [-0.25, -0.2) is 13.1 Å². The van der Waals surface area contributed by atoms with Crippen molar-refractivity contribution in [2.24, 2.45) is 4.99 Å². The lowest BCUT2D eigenvalue weighted by Gasteiger charge is -2.40. The summed E-state index contributed by atoms with van der Waals surface area (Å²) in [6, 6.07) is 23.0. The molecule has 0 saturated carbocycles. The van der Waals surface area contributed by atoms with Gasteiger partial charge >= 0.3 is 0 Å². The van der Waals surface area contributed by atoms with Gasteiger partial charge in [-0.1, -0.05) is 71.0 Å². The number of nitrogens with one attached hydrogen (secondary N) is 2. The first-order valence-corrected chi connectivity index (χ1v) is 13.6. The Labute approximate surface area is 224 Å². The van der Waals surface area contributed by atoms with E-state index in [0.717, 1.165) is 27.3 Å². The van der Waals surface area contributed by atoms with Crippen molar-refractivity contribution in [2.75, 3.05) is 32.0 Å². The molecule has 2 heterocycles. The molecule has 5 nitrogen and oxygen atoms in total. The lowest BCUT2D eigenvalue weighted by molar-refractivity contribution is -0.115. The molecule has 3 aromatic carbocycles. The van der Waals surface area contributed by atoms with Gasteiger partial charge in [0, 0.05) is 16.1 Å².